The van der Waals surface area contributed by atoms with E-state index in [2.05, 4.69) is 18.7 Å². The number of nitrogens with zero attached hydrogens (tertiary/aromatic N) is 1. The first kappa shape index (κ1) is 9.97. The smallest absolute Gasteiger partial charge is 0.324 e. The minimum atomic E-state index is -0.599. The van der Waals surface area contributed by atoms with Crippen molar-refractivity contribution in [2.24, 2.45) is 5.92 Å². The highest BCUT2D eigenvalue weighted by atomic mass is 16.4. The molecule has 0 aromatic rings. The maximum absolute atomic E-state index is 11.3. The van der Waals surface area contributed by atoms with Crippen molar-refractivity contribution in [2.75, 3.05) is 6.54 Å². The summed E-state index contributed by atoms with van der Waals surface area (Å²) < 4.78 is 0. The van der Waals surface area contributed by atoms with E-state index in [-0.39, 0.29) is 0 Å². The Kier molecular flexibility index (Phi) is 2.30. The fraction of sp³-hybridized carbons (Fsp3) is 0.909. The molecule has 1 N–H and O–H groups in total. The molecule has 2 rings (SSSR count). The third kappa shape index (κ3) is 1.26. The monoisotopic (exact) mass is 197 g/mol. The van der Waals surface area contributed by atoms with Crippen molar-refractivity contribution in [3.05, 3.63) is 0 Å². The van der Waals surface area contributed by atoms with E-state index < -0.39 is 11.5 Å². The first-order chi connectivity index (χ1) is 6.56. The van der Waals surface area contributed by atoms with Crippen molar-refractivity contribution in [2.45, 2.75) is 51.1 Å². The van der Waals surface area contributed by atoms with Gasteiger partial charge in [-0.15, -0.1) is 0 Å². The molecule has 80 valence electrons. The third-order valence-corrected chi connectivity index (χ3v) is 3.73. The Labute approximate surface area is 85.1 Å². The molecule has 0 atom stereocenters. The number of aliphatic carboxylic acids is 1. The van der Waals surface area contributed by atoms with Gasteiger partial charge in [-0.05, 0) is 31.6 Å². The lowest BCUT2D eigenvalue weighted by atomic mass is 9.88. The SMILES string of the molecule is CC(C)CN1C2CCC1(C(=O)O)CC2. The maximum Gasteiger partial charge on any atom is 0.324 e. The molecular weight excluding hydrogens is 178 g/mol. The van der Waals surface area contributed by atoms with Crippen LogP contribution < -0.4 is 0 Å². The van der Waals surface area contributed by atoms with Crippen LogP contribution in [0.5, 0.6) is 0 Å². The van der Waals surface area contributed by atoms with Gasteiger partial charge in [0.1, 0.15) is 5.54 Å². The summed E-state index contributed by atoms with van der Waals surface area (Å²) in [5.41, 5.74) is -0.491. The molecular formula is C11H19NO2. The molecule has 2 aliphatic heterocycles. The molecule has 3 heteroatoms. The second kappa shape index (κ2) is 3.23. The highest BCUT2D eigenvalue weighted by Crippen LogP contribution is 2.46. The van der Waals surface area contributed by atoms with Crippen LogP contribution in [0.3, 0.4) is 0 Å². The lowest BCUT2D eigenvalue weighted by Gasteiger charge is -2.31. The number of rotatable bonds is 3. The summed E-state index contributed by atoms with van der Waals surface area (Å²) in [6.07, 6.45) is 3.89. The first-order valence-electron chi connectivity index (χ1n) is 5.56. The van der Waals surface area contributed by atoms with Gasteiger partial charge in [-0.25, -0.2) is 0 Å². The van der Waals surface area contributed by atoms with Gasteiger partial charge in [0.05, 0.1) is 0 Å². The molecule has 0 radical (unpaired) electrons. The van der Waals surface area contributed by atoms with Crippen molar-refractivity contribution in [1.29, 1.82) is 0 Å². The van der Waals surface area contributed by atoms with Crippen LogP contribution in [0.4, 0.5) is 0 Å². The number of fused-ring (bicyclic) bond motifs is 2. The Hall–Kier alpha value is -0.570. The van der Waals surface area contributed by atoms with E-state index >= 15 is 0 Å². The fourth-order valence-electron chi connectivity index (χ4n) is 3.08. The predicted molar refractivity (Wildman–Crippen MR) is 54.2 cm³/mol. The van der Waals surface area contributed by atoms with E-state index in [1.165, 1.54) is 0 Å². The standard InChI is InChI=1S/C11H19NO2/c1-8(2)7-12-9-3-5-11(12,6-4-9)10(13)14/h8-9H,3-7H2,1-2H3,(H,13,14). The largest absolute Gasteiger partial charge is 0.480 e. The first-order valence-corrected chi connectivity index (χ1v) is 5.56. The Morgan fingerprint density at radius 1 is 1.50 bits per heavy atom. The maximum atomic E-state index is 11.3. The summed E-state index contributed by atoms with van der Waals surface area (Å²) >= 11 is 0. The number of carboxylic acid groups (broad SMARTS) is 1. The summed E-state index contributed by atoms with van der Waals surface area (Å²) in [7, 11) is 0. The van der Waals surface area contributed by atoms with Crippen molar-refractivity contribution in [3.63, 3.8) is 0 Å². The molecule has 0 saturated carbocycles. The number of carbonyl (C=O) groups is 1. The minimum absolute atomic E-state index is 0.491. The molecule has 2 aliphatic rings. The molecule has 0 aromatic carbocycles. The highest BCUT2D eigenvalue weighted by Gasteiger charge is 2.56. The molecule has 14 heavy (non-hydrogen) atoms. The van der Waals surface area contributed by atoms with Gasteiger partial charge >= 0.3 is 5.97 Å². The van der Waals surface area contributed by atoms with Crippen LogP contribution in [-0.2, 0) is 4.79 Å². The van der Waals surface area contributed by atoms with Gasteiger partial charge in [-0.3, -0.25) is 9.69 Å². The van der Waals surface area contributed by atoms with Crippen molar-refractivity contribution in [3.8, 4) is 0 Å². The molecule has 0 unspecified atom stereocenters. The average Bonchev–Trinajstić information content (AvgIpc) is 2.61. The van der Waals surface area contributed by atoms with E-state index in [9.17, 15) is 9.90 Å². The van der Waals surface area contributed by atoms with Gasteiger partial charge in [0.25, 0.3) is 0 Å². The summed E-state index contributed by atoms with van der Waals surface area (Å²) in [6, 6.07) is 0.550. The molecule has 0 aromatic heterocycles. The molecule has 2 heterocycles. The number of hydrogen-bond acceptors (Lipinski definition) is 2. The Morgan fingerprint density at radius 2 is 2.07 bits per heavy atom. The van der Waals surface area contributed by atoms with Crippen LogP contribution in [0.25, 0.3) is 0 Å². The van der Waals surface area contributed by atoms with Gasteiger partial charge in [-0.2, -0.15) is 0 Å². The van der Waals surface area contributed by atoms with Crippen LogP contribution in [0, 0.1) is 5.92 Å². The van der Waals surface area contributed by atoms with Gasteiger partial charge in [0.2, 0.25) is 0 Å². The zero-order chi connectivity index (χ0) is 10.3. The quantitative estimate of drug-likeness (QED) is 0.749. The molecule has 3 nitrogen and oxygen atoms in total. The van der Waals surface area contributed by atoms with Gasteiger partial charge in [0.15, 0.2) is 0 Å². The lowest BCUT2D eigenvalue weighted by Crippen LogP contribution is -2.49. The van der Waals surface area contributed by atoms with Gasteiger partial charge in [-0.1, -0.05) is 13.8 Å². The molecule has 0 amide bonds. The Morgan fingerprint density at radius 3 is 2.50 bits per heavy atom. The van der Waals surface area contributed by atoms with Gasteiger partial charge < -0.3 is 5.11 Å². The second-order valence-corrected chi connectivity index (χ2v) is 5.11. The van der Waals surface area contributed by atoms with E-state index in [1.807, 2.05) is 0 Å². The summed E-state index contributed by atoms with van der Waals surface area (Å²) in [5, 5.41) is 9.33. The van der Waals surface area contributed by atoms with Crippen molar-refractivity contribution >= 4 is 5.97 Å². The Bertz CT molecular complexity index is 242. The summed E-state index contributed by atoms with van der Waals surface area (Å²) in [5.74, 6) is -0.0365. The normalized spacial score (nSPS) is 36.9. The van der Waals surface area contributed by atoms with E-state index in [0.29, 0.717) is 12.0 Å². The third-order valence-electron chi connectivity index (χ3n) is 3.73. The molecule has 0 aliphatic carbocycles. The topological polar surface area (TPSA) is 40.5 Å². The van der Waals surface area contributed by atoms with Crippen LogP contribution in [-0.4, -0.2) is 34.1 Å². The molecule has 2 fully saturated rings. The average molecular weight is 197 g/mol. The molecule has 2 bridgehead atoms. The minimum Gasteiger partial charge on any atom is -0.480 e. The van der Waals surface area contributed by atoms with Gasteiger partial charge in [0, 0.05) is 12.6 Å². The second-order valence-electron chi connectivity index (χ2n) is 5.11. The lowest BCUT2D eigenvalue weighted by molar-refractivity contribution is -0.149. The molecule has 2 saturated heterocycles. The van der Waals surface area contributed by atoms with Crippen LogP contribution in [0.2, 0.25) is 0 Å². The van der Waals surface area contributed by atoms with E-state index in [1.54, 1.807) is 0 Å². The molecule has 0 spiro atoms. The fourth-order valence-corrected chi connectivity index (χ4v) is 3.08. The Balaban J connectivity index is 2.19. The van der Waals surface area contributed by atoms with Crippen LogP contribution >= 0.6 is 0 Å². The predicted octanol–water partition coefficient (Wildman–Crippen LogP) is 1.72. The van der Waals surface area contributed by atoms with E-state index in [4.69, 9.17) is 0 Å². The zero-order valence-corrected chi connectivity index (χ0v) is 8.99. The van der Waals surface area contributed by atoms with E-state index in [0.717, 1.165) is 32.2 Å². The van der Waals surface area contributed by atoms with Crippen LogP contribution in [0.1, 0.15) is 39.5 Å². The summed E-state index contributed by atoms with van der Waals surface area (Å²) in [6.45, 7) is 5.26. The van der Waals surface area contributed by atoms with Crippen LogP contribution in [0.15, 0.2) is 0 Å². The van der Waals surface area contributed by atoms with Crippen molar-refractivity contribution in [1.82, 2.24) is 4.90 Å². The summed E-state index contributed by atoms with van der Waals surface area (Å²) in [4.78, 5) is 13.6. The highest BCUT2D eigenvalue weighted by molar-refractivity contribution is 5.80. The zero-order valence-electron chi connectivity index (χ0n) is 8.99. The van der Waals surface area contributed by atoms with Crippen molar-refractivity contribution < 1.29 is 9.90 Å². The number of hydrogen-bond donors (Lipinski definition) is 1. The number of carboxylic acids is 1.